The van der Waals surface area contributed by atoms with E-state index >= 15 is 0 Å². The molecule has 2 heterocycles. The lowest BCUT2D eigenvalue weighted by Gasteiger charge is -2.33. The topological polar surface area (TPSA) is 141 Å². The standard InChI is InChI=1S/C42H72O12/c1-14-35(51-32(10)47-16-3)29(7)40-36(52-40)26-41(12,54-33(11)48-17-4)23-18-19-27(5)39-28(6)20-21-37(49-30(8)43)42(13,45)24-22-34(25-38(44)53-39)50-31(9)46-15-2/h18-21,23,28-29,31-37,39-40,45H,14-17,22,24-26H2,1-13H3/b21-20+,23-18+,27-19+. The van der Waals surface area contributed by atoms with Crippen molar-refractivity contribution < 1.29 is 57.3 Å². The number of hydrogen-bond donors (Lipinski definition) is 1. The van der Waals surface area contributed by atoms with Gasteiger partial charge in [0.2, 0.25) is 0 Å². The second-order valence-electron chi connectivity index (χ2n) is 15.1. The smallest absolute Gasteiger partial charge is 0.309 e. The molecule has 0 aromatic rings. The van der Waals surface area contributed by atoms with E-state index in [0.717, 1.165) is 12.0 Å². The Bertz CT molecular complexity index is 1220. The molecule has 0 amide bonds. The molecule has 12 heteroatoms. The van der Waals surface area contributed by atoms with Crippen molar-refractivity contribution in [3.05, 3.63) is 36.0 Å². The zero-order chi connectivity index (χ0) is 40.6. The summed E-state index contributed by atoms with van der Waals surface area (Å²) >= 11 is 0. The molecule has 0 aromatic heterocycles. The molecule has 13 unspecified atom stereocenters. The Hall–Kier alpha value is -2.16. The van der Waals surface area contributed by atoms with Gasteiger partial charge in [0.25, 0.3) is 0 Å². The summed E-state index contributed by atoms with van der Waals surface area (Å²) in [7, 11) is 0. The molecule has 0 radical (unpaired) electrons. The van der Waals surface area contributed by atoms with Gasteiger partial charge in [0.15, 0.2) is 18.9 Å². The maximum Gasteiger partial charge on any atom is 0.309 e. The molecule has 1 N–H and O–H groups in total. The number of allylic oxidation sites excluding steroid dienone is 2. The van der Waals surface area contributed by atoms with Gasteiger partial charge in [-0.25, -0.2) is 0 Å². The van der Waals surface area contributed by atoms with E-state index < -0.39 is 54.0 Å². The Morgan fingerprint density at radius 3 is 2.26 bits per heavy atom. The summed E-state index contributed by atoms with van der Waals surface area (Å²) in [5.74, 6) is -1.13. The quantitative estimate of drug-likeness (QED) is 0.0410. The van der Waals surface area contributed by atoms with Crippen LogP contribution in [-0.4, -0.2) is 104 Å². The third-order valence-electron chi connectivity index (χ3n) is 9.98. The Labute approximate surface area is 325 Å². The van der Waals surface area contributed by atoms with Crippen LogP contribution in [0.3, 0.4) is 0 Å². The number of cyclic esters (lactones) is 1. The third kappa shape index (κ3) is 16.5. The van der Waals surface area contributed by atoms with E-state index in [1.54, 1.807) is 19.9 Å². The minimum Gasteiger partial charge on any atom is -0.457 e. The van der Waals surface area contributed by atoms with Crippen LogP contribution >= 0.6 is 0 Å². The van der Waals surface area contributed by atoms with Crippen LogP contribution in [0.15, 0.2) is 36.0 Å². The maximum absolute atomic E-state index is 13.5. The van der Waals surface area contributed by atoms with Crippen molar-refractivity contribution in [1.29, 1.82) is 0 Å². The first kappa shape index (κ1) is 48.0. The molecule has 54 heavy (non-hydrogen) atoms. The van der Waals surface area contributed by atoms with E-state index in [1.807, 2.05) is 79.7 Å². The summed E-state index contributed by atoms with van der Waals surface area (Å²) in [6, 6.07) is 0. The van der Waals surface area contributed by atoms with Gasteiger partial charge in [0.1, 0.15) is 17.8 Å². The van der Waals surface area contributed by atoms with E-state index in [9.17, 15) is 14.7 Å². The summed E-state index contributed by atoms with van der Waals surface area (Å²) in [4.78, 5) is 25.5. The van der Waals surface area contributed by atoms with Crippen LogP contribution in [0, 0.1) is 11.8 Å². The van der Waals surface area contributed by atoms with Crippen molar-refractivity contribution in [2.75, 3.05) is 19.8 Å². The van der Waals surface area contributed by atoms with E-state index in [1.165, 1.54) is 6.92 Å². The molecule has 2 aliphatic rings. The number of rotatable bonds is 21. The van der Waals surface area contributed by atoms with Gasteiger partial charge < -0.3 is 47.7 Å². The number of aliphatic hydroxyl groups is 1. The van der Waals surface area contributed by atoms with Gasteiger partial charge in [-0.15, -0.1) is 0 Å². The van der Waals surface area contributed by atoms with Crippen LogP contribution < -0.4 is 0 Å². The normalized spacial score (nSPS) is 31.6. The van der Waals surface area contributed by atoms with E-state index in [2.05, 4.69) is 13.8 Å². The highest BCUT2D eigenvalue weighted by Gasteiger charge is 2.49. The minimum atomic E-state index is -1.41. The molecular formula is C42H72O12. The van der Waals surface area contributed by atoms with Gasteiger partial charge in [-0.1, -0.05) is 45.1 Å². The van der Waals surface area contributed by atoms with Crippen LogP contribution in [0.5, 0.6) is 0 Å². The Morgan fingerprint density at radius 2 is 1.65 bits per heavy atom. The molecule has 0 spiro atoms. The third-order valence-corrected chi connectivity index (χ3v) is 9.98. The lowest BCUT2D eigenvalue weighted by Crippen LogP contribution is -2.42. The average molecular weight is 769 g/mol. The molecule has 1 fully saturated rings. The van der Waals surface area contributed by atoms with Gasteiger partial charge >= 0.3 is 11.9 Å². The fraction of sp³-hybridized carbons (Fsp3) is 0.810. The first-order valence-corrected chi connectivity index (χ1v) is 20.0. The summed E-state index contributed by atoms with van der Waals surface area (Å²) in [6.07, 6.45) is 7.71. The molecule has 0 aliphatic carbocycles. The number of esters is 2. The highest BCUT2D eigenvalue weighted by Crippen LogP contribution is 2.40. The van der Waals surface area contributed by atoms with E-state index in [0.29, 0.717) is 32.7 Å². The molecule has 13 atom stereocenters. The largest absolute Gasteiger partial charge is 0.457 e. The van der Waals surface area contributed by atoms with Crippen molar-refractivity contribution in [3.63, 3.8) is 0 Å². The fourth-order valence-corrected chi connectivity index (χ4v) is 7.09. The van der Waals surface area contributed by atoms with Gasteiger partial charge in [-0.3, -0.25) is 9.59 Å². The minimum absolute atomic E-state index is 0.00719. The molecule has 0 saturated carbocycles. The van der Waals surface area contributed by atoms with Crippen LogP contribution in [0.1, 0.15) is 122 Å². The number of carbonyl (C=O) groups excluding carboxylic acids is 2. The SMILES string of the molecule is CCOC(C)OC1CCC(C)(O)C(OC(C)=O)/C=C/C(C)C(/C(C)=C/C=C/C(C)(CC2OC2C(C)C(CC)OC(C)OCC)OC(C)OCC)OC(=O)C1. The molecule has 0 bridgehead atoms. The maximum atomic E-state index is 13.5. The highest BCUT2D eigenvalue weighted by atomic mass is 16.7. The number of hydrogen-bond acceptors (Lipinski definition) is 12. The molecule has 2 aliphatic heterocycles. The molecule has 2 rings (SSSR count). The van der Waals surface area contributed by atoms with E-state index in [4.69, 9.17) is 42.6 Å². The molecule has 0 aromatic carbocycles. The fourth-order valence-electron chi connectivity index (χ4n) is 7.09. The monoisotopic (exact) mass is 769 g/mol. The molecule has 312 valence electrons. The zero-order valence-corrected chi connectivity index (χ0v) is 35.3. The number of ether oxygens (including phenoxy) is 9. The molecule has 1 saturated heterocycles. The summed E-state index contributed by atoms with van der Waals surface area (Å²) in [6.45, 7) is 25.9. The van der Waals surface area contributed by atoms with Crippen LogP contribution in [0.25, 0.3) is 0 Å². The van der Waals surface area contributed by atoms with E-state index in [-0.39, 0.29) is 49.3 Å². The lowest BCUT2D eigenvalue weighted by molar-refractivity contribution is -0.181. The lowest BCUT2D eigenvalue weighted by atomic mass is 9.88. The second-order valence-corrected chi connectivity index (χ2v) is 15.1. The first-order chi connectivity index (χ1) is 25.4. The number of carbonyl (C=O) groups is 2. The number of epoxide rings is 1. The average Bonchev–Trinajstić information content (AvgIpc) is 3.84. The zero-order valence-electron chi connectivity index (χ0n) is 35.3. The highest BCUT2D eigenvalue weighted by molar-refractivity contribution is 5.70. The van der Waals surface area contributed by atoms with Gasteiger partial charge in [0.05, 0.1) is 36.4 Å². The van der Waals surface area contributed by atoms with Crippen molar-refractivity contribution in [1.82, 2.24) is 0 Å². The van der Waals surface area contributed by atoms with Gasteiger partial charge in [0, 0.05) is 45.0 Å². The van der Waals surface area contributed by atoms with Crippen LogP contribution in [-0.2, 0) is 52.2 Å². The van der Waals surface area contributed by atoms with Crippen molar-refractivity contribution >= 4 is 11.9 Å². The summed E-state index contributed by atoms with van der Waals surface area (Å²) in [5, 5.41) is 11.5. The van der Waals surface area contributed by atoms with Crippen LogP contribution in [0.2, 0.25) is 0 Å². The van der Waals surface area contributed by atoms with Crippen molar-refractivity contribution in [2.24, 2.45) is 11.8 Å². The van der Waals surface area contributed by atoms with Crippen LogP contribution in [0.4, 0.5) is 0 Å². The Kier molecular flexibility index (Phi) is 20.6. The Balaban J connectivity index is 2.38. The first-order valence-electron chi connectivity index (χ1n) is 20.0. The second kappa shape index (κ2) is 23.2. The summed E-state index contributed by atoms with van der Waals surface area (Å²) < 4.78 is 53.6. The predicted octanol–water partition coefficient (Wildman–Crippen LogP) is 7.36. The van der Waals surface area contributed by atoms with Gasteiger partial charge in [-0.05, 0) is 93.2 Å². The molecule has 12 nitrogen and oxygen atoms in total. The van der Waals surface area contributed by atoms with Crippen molar-refractivity contribution in [2.45, 2.75) is 189 Å². The van der Waals surface area contributed by atoms with Gasteiger partial charge in [-0.2, -0.15) is 0 Å². The predicted molar refractivity (Wildman–Crippen MR) is 206 cm³/mol. The Morgan fingerprint density at radius 1 is 1.02 bits per heavy atom. The molecular weight excluding hydrogens is 696 g/mol. The summed E-state index contributed by atoms with van der Waals surface area (Å²) in [5.41, 5.74) is -1.38. The van der Waals surface area contributed by atoms with Crippen molar-refractivity contribution in [3.8, 4) is 0 Å².